The molecule has 3 amide bonds. The highest BCUT2D eigenvalue weighted by molar-refractivity contribution is 6.01. The zero-order chi connectivity index (χ0) is 22.1. The van der Waals surface area contributed by atoms with Gasteiger partial charge in [-0.1, -0.05) is 31.0 Å². The predicted octanol–water partition coefficient (Wildman–Crippen LogP) is 3.65. The first-order valence-corrected chi connectivity index (χ1v) is 11.2. The molecule has 0 atom stereocenters. The van der Waals surface area contributed by atoms with E-state index in [0.29, 0.717) is 12.1 Å². The highest BCUT2D eigenvalue weighted by Gasteiger charge is 2.30. The molecular formula is C25H26N2O5. The molecule has 2 aromatic carbocycles. The molecule has 1 saturated carbocycles. The third-order valence-electron chi connectivity index (χ3n) is 6.51. The SMILES string of the molecule is O=C1CCC(=O)N1Cc1ccc(C(=O)N(Cc2ccc3c(c2)OCO3)C2CCCC2)cc1. The summed E-state index contributed by atoms with van der Waals surface area (Å²) in [6, 6.07) is 13.3. The Labute approximate surface area is 186 Å². The van der Waals surface area contributed by atoms with E-state index in [1.807, 2.05) is 35.2 Å². The lowest BCUT2D eigenvalue weighted by atomic mass is 10.1. The highest BCUT2D eigenvalue weighted by atomic mass is 16.7. The molecule has 1 saturated heterocycles. The maximum absolute atomic E-state index is 13.5. The van der Waals surface area contributed by atoms with Crippen molar-refractivity contribution in [3.8, 4) is 11.5 Å². The fourth-order valence-electron chi connectivity index (χ4n) is 4.72. The number of benzene rings is 2. The Morgan fingerprint density at radius 2 is 1.56 bits per heavy atom. The van der Waals surface area contributed by atoms with E-state index < -0.39 is 0 Å². The van der Waals surface area contributed by atoms with Gasteiger partial charge in [0.25, 0.3) is 5.91 Å². The minimum Gasteiger partial charge on any atom is -0.454 e. The highest BCUT2D eigenvalue weighted by Crippen LogP contribution is 2.34. The molecule has 166 valence electrons. The third kappa shape index (κ3) is 4.07. The van der Waals surface area contributed by atoms with Gasteiger partial charge in [0.05, 0.1) is 6.54 Å². The number of imide groups is 1. The van der Waals surface area contributed by atoms with Gasteiger partial charge in [-0.2, -0.15) is 0 Å². The van der Waals surface area contributed by atoms with Crippen LogP contribution in [0.5, 0.6) is 11.5 Å². The summed E-state index contributed by atoms with van der Waals surface area (Å²) < 4.78 is 10.9. The van der Waals surface area contributed by atoms with Gasteiger partial charge in [0, 0.05) is 31.0 Å². The molecule has 2 fully saturated rings. The van der Waals surface area contributed by atoms with Crippen molar-refractivity contribution in [3.63, 3.8) is 0 Å². The molecule has 0 radical (unpaired) electrons. The Morgan fingerprint density at radius 3 is 2.28 bits per heavy atom. The van der Waals surface area contributed by atoms with Crippen molar-refractivity contribution >= 4 is 17.7 Å². The van der Waals surface area contributed by atoms with Gasteiger partial charge in [0.15, 0.2) is 11.5 Å². The van der Waals surface area contributed by atoms with E-state index >= 15 is 0 Å². The maximum atomic E-state index is 13.5. The molecule has 0 aromatic heterocycles. The van der Waals surface area contributed by atoms with Crippen LogP contribution in [-0.2, 0) is 22.7 Å². The third-order valence-corrected chi connectivity index (χ3v) is 6.51. The topological polar surface area (TPSA) is 76.2 Å². The zero-order valence-electron chi connectivity index (χ0n) is 17.9. The van der Waals surface area contributed by atoms with Gasteiger partial charge >= 0.3 is 0 Å². The van der Waals surface area contributed by atoms with Crippen LogP contribution in [0.25, 0.3) is 0 Å². The van der Waals surface area contributed by atoms with Gasteiger partial charge < -0.3 is 14.4 Å². The number of amides is 3. The number of hydrogen-bond donors (Lipinski definition) is 0. The summed E-state index contributed by atoms with van der Waals surface area (Å²) in [5.41, 5.74) is 2.46. The first-order valence-electron chi connectivity index (χ1n) is 11.2. The number of carbonyl (C=O) groups is 3. The molecule has 32 heavy (non-hydrogen) atoms. The summed E-state index contributed by atoms with van der Waals surface area (Å²) in [6.45, 7) is 0.999. The molecular weight excluding hydrogens is 408 g/mol. The Kier molecular flexibility index (Phi) is 5.55. The van der Waals surface area contributed by atoms with Crippen molar-refractivity contribution < 1.29 is 23.9 Å². The largest absolute Gasteiger partial charge is 0.454 e. The smallest absolute Gasteiger partial charge is 0.254 e. The van der Waals surface area contributed by atoms with Gasteiger partial charge in [-0.25, -0.2) is 0 Å². The molecule has 7 heteroatoms. The Morgan fingerprint density at radius 1 is 0.906 bits per heavy atom. The van der Waals surface area contributed by atoms with Crippen LogP contribution in [0.1, 0.15) is 60.0 Å². The molecule has 3 aliphatic rings. The molecule has 0 bridgehead atoms. The average molecular weight is 434 g/mol. The number of fused-ring (bicyclic) bond motifs is 1. The fourth-order valence-corrected chi connectivity index (χ4v) is 4.72. The van der Waals surface area contributed by atoms with Crippen molar-refractivity contribution in [2.75, 3.05) is 6.79 Å². The lowest BCUT2D eigenvalue weighted by molar-refractivity contribution is -0.139. The molecule has 0 N–H and O–H groups in total. The fraction of sp³-hybridized carbons (Fsp3) is 0.400. The lowest BCUT2D eigenvalue weighted by Crippen LogP contribution is -2.38. The van der Waals surface area contributed by atoms with Crippen molar-refractivity contribution in [1.29, 1.82) is 0 Å². The number of rotatable bonds is 6. The average Bonchev–Trinajstić information content (AvgIpc) is 3.56. The van der Waals surface area contributed by atoms with E-state index in [1.165, 1.54) is 4.90 Å². The standard InChI is InChI=1S/C25H26N2O5/c28-23-11-12-24(29)27(23)14-17-5-8-19(9-6-17)25(30)26(20-3-1-2-4-20)15-18-7-10-21-22(13-18)32-16-31-21/h5-10,13,20H,1-4,11-12,14-16H2. The van der Waals surface area contributed by atoms with Crippen LogP contribution >= 0.6 is 0 Å². The maximum Gasteiger partial charge on any atom is 0.254 e. The molecule has 2 heterocycles. The summed E-state index contributed by atoms with van der Waals surface area (Å²) in [7, 11) is 0. The monoisotopic (exact) mass is 434 g/mol. The number of likely N-dealkylation sites (tertiary alicyclic amines) is 1. The molecule has 5 rings (SSSR count). The molecule has 7 nitrogen and oxygen atoms in total. The Hall–Kier alpha value is -3.35. The van der Waals surface area contributed by atoms with Crippen LogP contribution in [0.2, 0.25) is 0 Å². The minimum atomic E-state index is -0.133. The van der Waals surface area contributed by atoms with E-state index in [0.717, 1.165) is 48.3 Å². The van der Waals surface area contributed by atoms with Crippen LogP contribution in [0.4, 0.5) is 0 Å². The van der Waals surface area contributed by atoms with Gasteiger partial charge in [0.2, 0.25) is 18.6 Å². The zero-order valence-corrected chi connectivity index (χ0v) is 17.9. The molecule has 2 aromatic rings. The molecule has 2 aliphatic heterocycles. The van der Waals surface area contributed by atoms with Gasteiger partial charge in [-0.15, -0.1) is 0 Å². The summed E-state index contributed by atoms with van der Waals surface area (Å²) >= 11 is 0. The molecule has 0 unspecified atom stereocenters. The Bertz CT molecular complexity index is 1030. The summed E-state index contributed by atoms with van der Waals surface area (Å²) in [4.78, 5) is 40.5. The quantitative estimate of drug-likeness (QED) is 0.649. The van der Waals surface area contributed by atoms with Crippen LogP contribution in [0, 0.1) is 0 Å². The van der Waals surface area contributed by atoms with E-state index in [-0.39, 0.29) is 49.9 Å². The first kappa shape index (κ1) is 20.5. The number of carbonyl (C=O) groups excluding carboxylic acids is 3. The first-order chi connectivity index (χ1) is 15.6. The predicted molar refractivity (Wildman–Crippen MR) is 116 cm³/mol. The second-order valence-electron chi connectivity index (χ2n) is 8.63. The normalized spacial score (nSPS) is 17.9. The lowest BCUT2D eigenvalue weighted by Gasteiger charge is -2.29. The van der Waals surface area contributed by atoms with Gasteiger partial charge in [-0.05, 0) is 48.2 Å². The van der Waals surface area contributed by atoms with Gasteiger partial charge in [-0.3, -0.25) is 19.3 Å². The van der Waals surface area contributed by atoms with Crippen LogP contribution in [0.15, 0.2) is 42.5 Å². The number of ether oxygens (including phenoxy) is 2. The minimum absolute atomic E-state index is 0.00515. The van der Waals surface area contributed by atoms with Crippen molar-refractivity contribution in [1.82, 2.24) is 9.80 Å². The van der Waals surface area contributed by atoms with Crippen molar-refractivity contribution in [2.24, 2.45) is 0 Å². The molecule has 1 aliphatic carbocycles. The summed E-state index contributed by atoms with van der Waals surface area (Å²) in [5.74, 6) is 1.18. The van der Waals surface area contributed by atoms with Crippen LogP contribution < -0.4 is 9.47 Å². The molecule has 0 spiro atoms. The second-order valence-corrected chi connectivity index (χ2v) is 8.63. The van der Waals surface area contributed by atoms with E-state index in [9.17, 15) is 14.4 Å². The van der Waals surface area contributed by atoms with E-state index in [1.54, 1.807) is 12.1 Å². The summed E-state index contributed by atoms with van der Waals surface area (Å²) in [5, 5.41) is 0. The number of nitrogens with zero attached hydrogens (tertiary/aromatic N) is 2. The summed E-state index contributed by atoms with van der Waals surface area (Å²) in [6.07, 6.45) is 4.84. The van der Waals surface area contributed by atoms with Crippen LogP contribution in [-0.4, -0.2) is 40.4 Å². The van der Waals surface area contributed by atoms with Crippen molar-refractivity contribution in [2.45, 2.75) is 57.7 Å². The van der Waals surface area contributed by atoms with Crippen molar-refractivity contribution in [3.05, 3.63) is 59.2 Å². The second kappa shape index (κ2) is 8.65. The van der Waals surface area contributed by atoms with Gasteiger partial charge in [0.1, 0.15) is 0 Å². The van der Waals surface area contributed by atoms with E-state index in [2.05, 4.69) is 0 Å². The number of hydrogen-bond acceptors (Lipinski definition) is 5. The Balaban J connectivity index is 1.33. The van der Waals surface area contributed by atoms with Crippen LogP contribution in [0.3, 0.4) is 0 Å². The van der Waals surface area contributed by atoms with E-state index in [4.69, 9.17) is 9.47 Å².